The van der Waals surface area contributed by atoms with Crippen molar-refractivity contribution in [1.82, 2.24) is 0 Å². The van der Waals surface area contributed by atoms with Gasteiger partial charge in [0, 0.05) is 0 Å². The highest BCUT2D eigenvalue weighted by Crippen LogP contribution is 2.38. The number of rotatable bonds is 7. The summed E-state index contributed by atoms with van der Waals surface area (Å²) in [5.74, 6) is 2.26. The molecule has 0 aromatic carbocycles. The van der Waals surface area contributed by atoms with E-state index in [4.69, 9.17) is 9.31 Å². The summed E-state index contributed by atoms with van der Waals surface area (Å²) in [6.45, 7) is 15.8. The standard InChI is InChI=1S/C16H33BO2/c1-8-10-13(7)14(9-2)17-18-15(11(3)4)16(19-17)12(5)6/h11-16H,8-10H2,1-7H3/t13-,14-,15+,16+/m0/s1. The predicted octanol–water partition coefficient (Wildman–Crippen LogP) is 4.79. The van der Waals surface area contributed by atoms with Crippen molar-refractivity contribution in [2.24, 2.45) is 17.8 Å². The third kappa shape index (κ3) is 4.22. The van der Waals surface area contributed by atoms with Gasteiger partial charge in [0.05, 0.1) is 12.2 Å². The second-order valence-electron chi connectivity index (χ2n) is 6.90. The molecule has 0 unspecified atom stereocenters. The van der Waals surface area contributed by atoms with Crippen LogP contribution in [0.15, 0.2) is 0 Å². The summed E-state index contributed by atoms with van der Waals surface area (Å²) in [4.78, 5) is 0. The van der Waals surface area contributed by atoms with Crippen molar-refractivity contribution in [3.63, 3.8) is 0 Å². The molecular weight excluding hydrogens is 235 g/mol. The minimum atomic E-state index is 0.00588. The molecule has 0 spiro atoms. The molecule has 112 valence electrons. The SMILES string of the molecule is CCC[C@H](C)[C@H](CC)B1O[C@H](C(C)C)[C@@H](C(C)C)O1. The predicted molar refractivity (Wildman–Crippen MR) is 83.3 cm³/mol. The fraction of sp³-hybridized carbons (Fsp3) is 1.00. The van der Waals surface area contributed by atoms with Crippen molar-refractivity contribution in [3.05, 3.63) is 0 Å². The molecule has 0 N–H and O–H groups in total. The molecule has 0 aromatic heterocycles. The Morgan fingerprint density at radius 3 is 1.68 bits per heavy atom. The Kier molecular flexibility index (Phi) is 6.89. The fourth-order valence-electron chi connectivity index (χ4n) is 3.30. The topological polar surface area (TPSA) is 18.5 Å². The molecule has 1 saturated heterocycles. The van der Waals surface area contributed by atoms with Gasteiger partial charge < -0.3 is 9.31 Å². The Morgan fingerprint density at radius 1 is 0.895 bits per heavy atom. The van der Waals surface area contributed by atoms with Crippen LogP contribution in [0.25, 0.3) is 0 Å². The van der Waals surface area contributed by atoms with Gasteiger partial charge in [0.15, 0.2) is 0 Å². The summed E-state index contributed by atoms with van der Waals surface area (Å²) in [5, 5.41) is 0. The van der Waals surface area contributed by atoms with E-state index in [2.05, 4.69) is 48.5 Å². The molecule has 2 nitrogen and oxygen atoms in total. The van der Waals surface area contributed by atoms with Gasteiger partial charge in [-0.05, 0) is 23.6 Å². The van der Waals surface area contributed by atoms with E-state index in [9.17, 15) is 0 Å². The average molecular weight is 268 g/mol. The fourth-order valence-corrected chi connectivity index (χ4v) is 3.30. The van der Waals surface area contributed by atoms with E-state index < -0.39 is 0 Å². The molecule has 1 heterocycles. The minimum Gasteiger partial charge on any atom is -0.405 e. The first-order chi connectivity index (χ1) is 8.92. The minimum absolute atomic E-state index is 0.00588. The monoisotopic (exact) mass is 268 g/mol. The molecule has 0 radical (unpaired) electrons. The summed E-state index contributed by atoms with van der Waals surface area (Å²) in [7, 11) is 0.00588. The van der Waals surface area contributed by atoms with Crippen LogP contribution in [0.5, 0.6) is 0 Å². The normalized spacial score (nSPS) is 27.3. The lowest BCUT2D eigenvalue weighted by atomic mass is 9.63. The van der Waals surface area contributed by atoms with Gasteiger partial charge in [-0.15, -0.1) is 0 Å². The van der Waals surface area contributed by atoms with Crippen LogP contribution in [0.2, 0.25) is 5.82 Å². The molecule has 3 heteroatoms. The first kappa shape index (κ1) is 17.0. The quantitative estimate of drug-likeness (QED) is 0.618. The van der Waals surface area contributed by atoms with Crippen LogP contribution < -0.4 is 0 Å². The van der Waals surface area contributed by atoms with Crippen LogP contribution in [0.1, 0.15) is 67.7 Å². The maximum absolute atomic E-state index is 6.30. The summed E-state index contributed by atoms with van der Waals surface area (Å²) in [6, 6.07) is 0. The van der Waals surface area contributed by atoms with Crippen molar-refractivity contribution in [2.75, 3.05) is 0 Å². The van der Waals surface area contributed by atoms with Crippen LogP contribution in [0.4, 0.5) is 0 Å². The second-order valence-corrected chi connectivity index (χ2v) is 6.90. The Balaban J connectivity index is 2.73. The van der Waals surface area contributed by atoms with Crippen molar-refractivity contribution in [2.45, 2.75) is 85.8 Å². The second kappa shape index (κ2) is 7.68. The lowest BCUT2D eigenvalue weighted by Crippen LogP contribution is -2.31. The highest BCUT2D eigenvalue weighted by Gasteiger charge is 2.46. The van der Waals surface area contributed by atoms with E-state index in [1.165, 1.54) is 12.8 Å². The Morgan fingerprint density at radius 2 is 1.37 bits per heavy atom. The molecule has 0 aliphatic carbocycles. The molecule has 0 aromatic rings. The molecule has 0 saturated carbocycles. The van der Waals surface area contributed by atoms with E-state index in [0.717, 1.165) is 6.42 Å². The van der Waals surface area contributed by atoms with Crippen LogP contribution in [-0.4, -0.2) is 19.3 Å². The zero-order valence-corrected chi connectivity index (χ0v) is 14.0. The third-order valence-electron chi connectivity index (χ3n) is 4.52. The lowest BCUT2D eigenvalue weighted by molar-refractivity contribution is 0.0815. The molecule has 1 fully saturated rings. The van der Waals surface area contributed by atoms with Crippen molar-refractivity contribution >= 4 is 7.12 Å². The van der Waals surface area contributed by atoms with E-state index >= 15 is 0 Å². The summed E-state index contributed by atoms with van der Waals surface area (Å²) in [5.41, 5.74) is 0. The van der Waals surface area contributed by atoms with Crippen molar-refractivity contribution < 1.29 is 9.31 Å². The highest BCUT2D eigenvalue weighted by atomic mass is 16.7. The Labute approximate surface area is 120 Å². The lowest BCUT2D eigenvalue weighted by Gasteiger charge is -2.24. The smallest absolute Gasteiger partial charge is 0.405 e. The zero-order valence-electron chi connectivity index (χ0n) is 14.0. The number of hydrogen-bond acceptors (Lipinski definition) is 2. The number of hydrogen-bond donors (Lipinski definition) is 0. The first-order valence-corrected chi connectivity index (χ1v) is 8.23. The molecule has 1 rings (SSSR count). The van der Waals surface area contributed by atoms with E-state index in [-0.39, 0.29) is 19.3 Å². The molecule has 1 aliphatic rings. The summed E-state index contributed by atoms with van der Waals surface area (Å²) < 4.78 is 12.6. The van der Waals surface area contributed by atoms with Crippen LogP contribution in [0, 0.1) is 17.8 Å². The van der Waals surface area contributed by atoms with Gasteiger partial charge in [-0.1, -0.05) is 67.7 Å². The Hall–Kier alpha value is -0.0151. The summed E-state index contributed by atoms with van der Waals surface area (Å²) >= 11 is 0. The van der Waals surface area contributed by atoms with Crippen LogP contribution >= 0.6 is 0 Å². The summed E-state index contributed by atoms with van der Waals surface area (Å²) in [6.07, 6.45) is 4.16. The van der Waals surface area contributed by atoms with Gasteiger partial charge in [0.2, 0.25) is 0 Å². The maximum atomic E-state index is 6.30. The zero-order chi connectivity index (χ0) is 14.6. The van der Waals surface area contributed by atoms with Crippen molar-refractivity contribution in [3.8, 4) is 0 Å². The molecule has 0 amide bonds. The first-order valence-electron chi connectivity index (χ1n) is 8.23. The largest absolute Gasteiger partial charge is 0.461 e. The van der Waals surface area contributed by atoms with Gasteiger partial charge in [0.1, 0.15) is 0 Å². The average Bonchev–Trinajstić information content (AvgIpc) is 2.75. The van der Waals surface area contributed by atoms with Crippen LogP contribution in [-0.2, 0) is 9.31 Å². The van der Waals surface area contributed by atoms with Crippen LogP contribution in [0.3, 0.4) is 0 Å². The molecule has 1 aliphatic heterocycles. The van der Waals surface area contributed by atoms with E-state index in [1.807, 2.05) is 0 Å². The van der Waals surface area contributed by atoms with Gasteiger partial charge in [-0.3, -0.25) is 0 Å². The van der Waals surface area contributed by atoms with Gasteiger partial charge >= 0.3 is 7.12 Å². The van der Waals surface area contributed by atoms with Gasteiger partial charge in [-0.25, -0.2) is 0 Å². The highest BCUT2D eigenvalue weighted by molar-refractivity contribution is 6.47. The molecular formula is C16H33BO2. The van der Waals surface area contributed by atoms with E-state index in [1.54, 1.807) is 0 Å². The molecule has 4 atom stereocenters. The van der Waals surface area contributed by atoms with Gasteiger partial charge in [-0.2, -0.15) is 0 Å². The maximum Gasteiger partial charge on any atom is 0.461 e. The Bertz CT molecular complexity index is 239. The van der Waals surface area contributed by atoms with Crippen molar-refractivity contribution in [1.29, 1.82) is 0 Å². The van der Waals surface area contributed by atoms with E-state index in [0.29, 0.717) is 23.6 Å². The third-order valence-corrected chi connectivity index (χ3v) is 4.52. The molecule has 0 bridgehead atoms. The van der Waals surface area contributed by atoms with Gasteiger partial charge in [0.25, 0.3) is 0 Å². The molecule has 19 heavy (non-hydrogen) atoms.